The number of nitrogens with one attached hydrogen (secondary N) is 1. The van der Waals surface area contributed by atoms with Gasteiger partial charge in [-0.15, -0.1) is 0 Å². The molecule has 1 heterocycles. The van der Waals surface area contributed by atoms with Crippen molar-refractivity contribution in [2.24, 2.45) is 0 Å². The number of aromatic amines is 1. The molecule has 0 unspecified atom stereocenters. The van der Waals surface area contributed by atoms with Gasteiger partial charge in [0.2, 0.25) is 0 Å². The highest BCUT2D eigenvalue weighted by Crippen LogP contribution is 2.16. The minimum Gasteiger partial charge on any atom is -0.343 e. The molecular formula is C14H16N4O2. The zero-order valence-electron chi connectivity index (χ0n) is 11.6. The third-order valence-corrected chi connectivity index (χ3v) is 2.94. The van der Waals surface area contributed by atoms with E-state index in [0.717, 1.165) is 5.69 Å². The largest absolute Gasteiger partial charge is 0.343 e. The lowest BCUT2D eigenvalue weighted by molar-refractivity contribution is 0.0815. The Balaban J connectivity index is 2.31. The molecule has 0 aliphatic heterocycles. The number of nitrogens with zero attached hydrogens (tertiary/aromatic N) is 3. The van der Waals surface area contributed by atoms with Gasteiger partial charge in [0, 0.05) is 26.8 Å². The molecule has 0 atom stereocenters. The van der Waals surface area contributed by atoms with Gasteiger partial charge in [-0.3, -0.25) is 14.7 Å². The van der Waals surface area contributed by atoms with Crippen molar-refractivity contribution in [1.29, 1.82) is 0 Å². The van der Waals surface area contributed by atoms with Gasteiger partial charge >= 0.3 is 0 Å². The van der Waals surface area contributed by atoms with Crippen molar-refractivity contribution >= 4 is 17.5 Å². The van der Waals surface area contributed by atoms with E-state index in [4.69, 9.17) is 0 Å². The average Bonchev–Trinajstić information content (AvgIpc) is 2.94. The standard InChI is InChI=1S/C14H16N4O2/c1-17(2)14(20)12-11(9-15-16-12)13(19)18(3)10-7-5-4-6-8-10/h4-9H,1-3H3,(H,15,16). The van der Waals surface area contributed by atoms with Gasteiger partial charge < -0.3 is 9.80 Å². The molecule has 0 spiro atoms. The third-order valence-electron chi connectivity index (χ3n) is 2.94. The van der Waals surface area contributed by atoms with E-state index in [1.807, 2.05) is 30.3 Å². The molecule has 2 aromatic rings. The molecule has 1 N–H and O–H groups in total. The summed E-state index contributed by atoms with van der Waals surface area (Å²) < 4.78 is 0. The van der Waals surface area contributed by atoms with Gasteiger partial charge in [-0.2, -0.15) is 5.10 Å². The van der Waals surface area contributed by atoms with Gasteiger partial charge in [0.25, 0.3) is 11.8 Å². The Kier molecular flexibility index (Phi) is 3.84. The van der Waals surface area contributed by atoms with Crippen molar-refractivity contribution in [3.63, 3.8) is 0 Å². The van der Waals surface area contributed by atoms with Crippen molar-refractivity contribution in [2.45, 2.75) is 0 Å². The number of benzene rings is 1. The van der Waals surface area contributed by atoms with Crippen LogP contribution in [0.1, 0.15) is 20.8 Å². The molecule has 6 nitrogen and oxygen atoms in total. The van der Waals surface area contributed by atoms with Crippen LogP contribution in [-0.2, 0) is 0 Å². The van der Waals surface area contributed by atoms with Gasteiger partial charge in [-0.25, -0.2) is 0 Å². The van der Waals surface area contributed by atoms with Gasteiger partial charge in [0.05, 0.1) is 11.8 Å². The summed E-state index contributed by atoms with van der Waals surface area (Å²) in [7, 11) is 4.91. The van der Waals surface area contributed by atoms with E-state index in [1.165, 1.54) is 16.0 Å². The Morgan fingerprint density at radius 1 is 1.05 bits per heavy atom. The van der Waals surface area contributed by atoms with Crippen LogP contribution in [0.25, 0.3) is 0 Å². The molecule has 0 bridgehead atoms. The Labute approximate surface area is 117 Å². The predicted molar refractivity (Wildman–Crippen MR) is 75.8 cm³/mol. The first kappa shape index (κ1) is 13.8. The fourth-order valence-electron chi connectivity index (χ4n) is 1.78. The lowest BCUT2D eigenvalue weighted by Crippen LogP contribution is -2.30. The van der Waals surface area contributed by atoms with Crippen molar-refractivity contribution in [2.75, 3.05) is 26.0 Å². The second kappa shape index (κ2) is 5.56. The van der Waals surface area contributed by atoms with Gasteiger partial charge in [-0.05, 0) is 12.1 Å². The number of rotatable bonds is 3. The number of carbonyl (C=O) groups excluding carboxylic acids is 2. The maximum Gasteiger partial charge on any atom is 0.272 e. The number of para-hydroxylation sites is 1. The first-order valence-corrected chi connectivity index (χ1v) is 6.10. The minimum absolute atomic E-state index is 0.197. The molecule has 0 saturated heterocycles. The van der Waals surface area contributed by atoms with Crippen molar-refractivity contribution in [3.05, 3.63) is 47.8 Å². The van der Waals surface area contributed by atoms with Gasteiger partial charge in [0.15, 0.2) is 0 Å². The SMILES string of the molecule is CN(C)C(=O)c1[nH]ncc1C(=O)N(C)c1ccccc1. The fourth-order valence-corrected chi connectivity index (χ4v) is 1.78. The Morgan fingerprint density at radius 3 is 2.30 bits per heavy atom. The molecule has 6 heteroatoms. The van der Waals surface area contributed by atoms with Crippen LogP contribution in [0.3, 0.4) is 0 Å². The molecule has 0 saturated carbocycles. The quantitative estimate of drug-likeness (QED) is 0.918. The number of carbonyl (C=O) groups is 2. The molecule has 104 valence electrons. The third kappa shape index (κ3) is 2.54. The molecule has 0 radical (unpaired) electrons. The minimum atomic E-state index is -0.285. The summed E-state index contributed by atoms with van der Waals surface area (Å²) in [6.07, 6.45) is 1.37. The molecule has 2 rings (SSSR count). The molecule has 0 aliphatic rings. The highest BCUT2D eigenvalue weighted by Gasteiger charge is 2.23. The van der Waals surface area contributed by atoms with Crippen molar-refractivity contribution in [3.8, 4) is 0 Å². The lowest BCUT2D eigenvalue weighted by atomic mass is 10.2. The molecule has 0 aliphatic carbocycles. The molecule has 1 aromatic heterocycles. The van der Waals surface area contributed by atoms with E-state index in [-0.39, 0.29) is 23.1 Å². The van der Waals surface area contributed by atoms with Crippen LogP contribution in [0.5, 0.6) is 0 Å². The fraction of sp³-hybridized carbons (Fsp3) is 0.214. The van der Waals surface area contributed by atoms with Crippen molar-refractivity contribution in [1.82, 2.24) is 15.1 Å². The smallest absolute Gasteiger partial charge is 0.272 e. The zero-order valence-corrected chi connectivity index (χ0v) is 11.6. The topological polar surface area (TPSA) is 69.3 Å². The number of amides is 2. The zero-order chi connectivity index (χ0) is 14.7. The average molecular weight is 272 g/mol. The first-order valence-electron chi connectivity index (χ1n) is 6.10. The second-order valence-electron chi connectivity index (χ2n) is 4.56. The van der Waals surface area contributed by atoms with Crippen LogP contribution in [0.4, 0.5) is 5.69 Å². The van der Waals surface area contributed by atoms with Gasteiger partial charge in [-0.1, -0.05) is 18.2 Å². The van der Waals surface area contributed by atoms with E-state index >= 15 is 0 Å². The molecular weight excluding hydrogens is 256 g/mol. The summed E-state index contributed by atoms with van der Waals surface area (Å²) in [5.41, 5.74) is 1.21. The van der Waals surface area contributed by atoms with E-state index in [0.29, 0.717) is 0 Å². The van der Waals surface area contributed by atoms with Crippen LogP contribution < -0.4 is 4.90 Å². The lowest BCUT2D eigenvalue weighted by Gasteiger charge is -2.17. The van der Waals surface area contributed by atoms with Crippen LogP contribution in [0, 0.1) is 0 Å². The van der Waals surface area contributed by atoms with Crippen LogP contribution in [-0.4, -0.2) is 48.1 Å². The van der Waals surface area contributed by atoms with E-state index in [1.54, 1.807) is 21.1 Å². The number of aromatic nitrogens is 2. The van der Waals surface area contributed by atoms with E-state index in [9.17, 15) is 9.59 Å². The predicted octanol–water partition coefficient (Wildman–Crippen LogP) is 1.39. The Bertz CT molecular complexity index is 619. The summed E-state index contributed by atoms with van der Waals surface area (Å²) in [6.45, 7) is 0. The monoisotopic (exact) mass is 272 g/mol. The number of H-pyrrole nitrogens is 1. The molecule has 20 heavy (non-hydrogen) atoms. The number of anilines is 1. The maximum atomic E-state index is 12.4. The van der Waals surface area contributed by atoms with E-state index in [2.05, 4.69) is 10.2 Å². The van der Waals surface area contributed by atoms with Crippen LogP contribution in [0.15, 0.2) is 36.5 Å². The van der Waals surface area contributed by atoms with E-state index < -0.39 is 0 Å². The highest BCUT2D eigenvalue weighted by atomic mass is 16.2. The van der Waals surface area contributed by atoms with Crippen LogP contribution in [0.2, 0.25) is 0 Å². The molecule has 1 aromatic carbocycles. The molecule has 0 fully saturated rings. The summed E-state index contributed by atoms with van der Waals surface area (Å²) in [5.74, 6) is -0.567. The second-order valence-corrected chi connectivity index (χ2v) is 4.56. The highest BCUT2D eigenvalue weighted by molar-refractivity contribution is 6.11. The van der Waals surface area contributed by atoms with Crippen LogP contribution >= 0.6 is 0 Å². The summed E-state index contributed by atoms with van der Waals surface area (Å²) in [4.78, 5) is 27.3. The summed E-state index contributed by atoms with van der Waals surface area (Å²) in [6, 6.07) is 9.22. The summed E-state index contributed by atoms with van der Waals surface area (Å²) in [5, 5.41) is 6.39. The normalized spacial score (nSPS) is 10.2. The molecule has 2 amide bonds. The van der Waals surface area contributed by atoms with Crippen molar-refractivity contribution < 1.29 is 9.59 Å². The first-order chi connectivity index (χ1) is 9.52. The Morgan fingerprint density at radius 2 is 1.70 bits per heavy atom. The Hall–Kier alpha value is -2.63. The van der Waals surface area contributed by atoms with Gasteiger partial charge in [0.1, 0.15) is 5.69 Å². The number of hydrogen-bond acceptors (Lipinski definition) is 3. The number of hydrogen-bond donors (Lipinski definition) is 1. The summed E-state index contributed by atoms with van der Waals surface area (Å²) >= 11 is 0. The maximum absolute atomic E-state index is 12.4.